The van der Waals surface area contributed by atoms with Gasteiger partial charge in [-0.25, -0.2) is 0 Å². The summed E-state index contributed by atoms with van der Waals surface area (Å²) >= 11 is 3.37. The number of rotatable bonds is 8. The normalized spacial score (nSPS) is 13.1. The van der Waals surface area contributed by atoms with Crippen molar-refractivity contribution in [1.29, 1.82) is 0 Å². The van der Waals surface area contributed by atoms with E-state index in [4.69, 9.17) is 10.5 Å². The average molecular weight is 393 g/mol. The summed E-state index contributed by atoms with van der Waals surface area (Å²) in [5, 5.41) is 12.6. The number of benzene rings is 2. The van der Waals surface area contributed by atoms with Crippen LogP contribution < -0.4 is 15.8 Å². The van der Waals surface area contributed by atoms with Gasteiger partial charge in [-0.3, -0.25) is 4.79 Å². The summed E-state index contributed by atoms with van der Waals surface area (Å²) in [6, 6.07) is 16.5. The number of halogens is 1. The molecule has 2 aromatic rings. The first kappa shape index (κ1) is 18.4. The molecule has 0 fully saturated rings. The fourth-order valence-corrected chi connectivity index (χ4v) is 2.53. The van der Waals surface area contributed by atoms with E-state index in [9.17, 15) is 9.90 Å². The van der Waals surface area contributed by atoms with Gasteiger partial charge in [0.25, 0.3) is 0 Å². The molecule has 0 aliphatic rings. The second-order valence-electron chi connectivity index (χ2n) is 5.42. The van der Waals surface area contributed by atoms with Gasteiger partial charge in [-0.1, -0.05) is 42.5 Å². The van der Waals surface area contributed by atoms with Crippen molar-refractivity contribution in [2.45, 2.75) is 18.6 Å². The predicted octanol–water partition coefficient (Wildman–Crippen LogP) is 2.40. The van der Waals surface area contributed by atoms with E-state index in [-0.39, 0.29) is 31.5 Å². The monoisotopic (exact) mass is 392 g/mol. The van der Waals surface area contributed by atoms with Crippen LogP contribution in [0.25, 0.3) is 0 Å². The summed E-state index contributed by atoms with van der Waals surface area (Å²) in [6.07, 6.45) is -0.629. The molecule has 0 bridgehead atoms. The largest absolute Gasteiger partial charge is 0.490 e. The molecule has 24 heavy (non-hydrogen) atoms. The van der Waals surface area contributed by atoms with Crippen molar-refractivity contribution in [2.24, 2.45) is 5.73 Å². The summed E-state index contributed by atoms with van der Waals surface area (Å²) in [5.41, 5.74) is 6.91. The molecule has 0 aliphatic carbocycles. The number of ether oxygens (including phenoxy) is 1. The van der Waals surface area contributed by atoms with E-state index >= 15 is 0 Å². The highest BCUT2D eigenvalue weighted by atomic mass is 79.9. The molecule has 0 saturated heterocycles. The van der Waals surface area contributed by atoms with Crippen LogP contribution in [0.2, 0.25) is 0 Å². The van der Waals surface area contributed by atoms with E-state index in [0.717, 1.165) is 10.0 Å². The zero-order valence-corrected chi connectivity index (χ0v) is 14.8. The molecule has 0 saturated carbocycles. The standard InChI is InChI=1S/C18H21BrN2O3/c19-15-8-4-5-9-17(15)24-12-14(22)11-21-18(23)10-16(20)13-6-2-1-3-7-13/h1-9,14,16,22H,10-12,20H2,(H,21,23). The van der Waals surface area contributed by atoms with Gasteiger partial charge in [0.2, 0.25) is 5.91 Å². The van der Waals surface area contributed by atoms with E-state index < -0.39 is 6.10 Å². The van der Waals surface area contributed by atoms with Crippen LogP contribution >= 0.6 is 15.9 Å². The van der Waals surface area contributed by atoms with Crippen LogP contribution in [0.3, 0.4) is 0 Å². The molecular formula is C18H21BrN2O3. The highest BCUT2D eigenvalue weighted by Gasteiger charge is 2.13. The molecule has 0 heterocycles. The molecule has 6 heteroatoms. The second kappa shape index (κ2) is 9.42. The molecule has 5 nitrogen and oxygen atoms in total. The Balaban J connectivity index is 1.70. The molecule has 0 radical (unpaired) electrons. The lowest BCUT2D eigenvalue weighted by molar-refractivity contribution is -0.122. The van der Waals surface area contributed by atoms with Gasteiger partial charge < -0.3 is 20.9 Å². The number of para-hydroxylation sites is 1. The van der Waals surface area contributed by atoms with Gasteiger partial charge in [-0.2, -0.15) is 0 Å². The number of carbonyl (C=O) groups is 1. The number of hydrogen-bond acceptors (Lipinski definition) is 4. The van der Waals surface area contributed by atoms with Crippen molar-refractivity contribution in [2.75, 3.05) is 13.2 Å². The van der Waals surface area contributed by atoms with E-state index in [1.807, 2.05) is 48.5 Å². The van der Waals surface area contributed by atoms with Gasteiger partial charge >= 0.3 is 0 Å². The molecular weight excluding hydrogens is 372 g/mol. The third-order valence-corrected chi connectivity index (χ3v) is 4.09. The molecule has 2 aromatic carbocycles. The highest BCUT2D eigenvalue weighted by Crippen LogP contribution is 2.23. The minimum absolute atomic E-state index is 0.0909. The second-order valence-corrected chi connectivity index (χ2v) is 6.27. The van der Waals surface area contributed by atoms with Gasteiger partial charge in [0.15, 0.2) is 0 Å². The Labute approximate surface area is 150 Å². The molecule has 2 rings (SSSR count). The van der Waals surface area contributed by atoms with Gasteiger partial charge in [0.1, 0.15) is 18.5 Å². The average Bonchev–Trinajstić information content (AvgIpc) is 2.60. The Morgan fingerprint density at radius 3 is 2.54 bits per heavy atom. The maximum Gasteiger partial charge on any atom is 0.221 e. The number of hydrogen-bond donors (Lipinski definition) is 3. The molecule has 2 unspecified atom stereocenters. The van der Waals surface area contributed by atoms with Crippen LogP contribution in [0.4, 0.5) is 0 Å². The Morgan fingerprint density at radius 1 is 1.17 bits per heavy atom. The minimum atomic E-state index is -0.797. The van der Waals surface area contributed by atoms with Crippen molar-refractivity contribution in [1.82, 2.24) is 5.32 Å². The Bertz CT molecular complexity index is 652. The fraction of sp³-hybridized carbons (Fsp3) is 0.278. The molecule has 2 atom stereocenters. The van der Waals surface area contributed by atoms with Gasteiger partial charge in [-0.15, -0.1) is 0 Å². The number of nitrogens with two attached hydrogens (primary N) is 1. The first-order valence-corrected chi connectivity index (χ1v) is 8.48. The molecule has 128 valence electrons. The Morgan fingerprint density at radius 2 is 1.83 bits per heavy atom. The maximum absolute atomic E-state index is 11.9. The first-order valence-electron chi connectivity index (χ1n) is 7.69. The number of nitrogens with one attached hydrogen (secondary N) is 1. The molecule has 0 aromatic heterocycles. The highest BCUT2D eigenvalue weighted by molar-refractivity contribution is 9.10. The first-order chi connectivity index (χ1) is 11.6. The summed E-state index contributed by atoms with van der Waals surface area (Å²) in [5.74, 6) is 0.445. The molecule has 0 spiro atoms. The van der Waals surface area contributed by atoms with Crippen LogP contribution in [0.1, 0.15) is 18.0 Å². The quantitative estimate of drug-likeness (QED) is 0.643. The van der Waals surface area contributed by atoms with E-state index in [2.05, 4.69) is 21.2 Å². The third kappa shape index (κ3) is 5.96. The van der Waals surface area contributed by atoms with Gasteiger partial charge in [0.05, 0.1) is 4.47 Å². The fourth-order valence-electron chi connectivity index (χ4n) is 2.13. The van der Waals surface area contributed by atoms with Crippen molar-refractivity contribution >= 4 is 21.8 Å². The van der Waals surface area contributed by atoms with Crippen LogP contribution in [0, 0.1) is 0 Å². The summed E-state index contributed by atoms with van der Waals surface area (Å²) in [4.78, 5) is 11.9. The lowest BCUT2D eigenvalue weighted by Gasteiger charge is -2.15. The lowest BCUT2D eigenvalue weighted by atomic mass is 10.0. The van der Waals surface area contributed by atoms with Crippen LogP contribution in [-0.4, -0.2) is 30.3 Å². The number of amides is 1. The van der Waals surface area contributed by atoms with Gasteiger partial charge in [-0.05, 0) is 33.6 Å². The van der Waals surface area contributed by atoms with Crippen molar-refractivity contribution in [3.8, 4) is 5.75 Å². The topological polar surface area (TPSA) is 84.6 Å². The van der Waals surface area contributed by atoms with Crippen molar-refractivity contribution in [3.05, 3.63) is 64.6 Å². The maximum atomic E-state index is 11.9. The molecule has 1 amide bonds. The third-order valence-electron chi connectivity index (χ3n) is 3.44. The minimum Gasteiger partial charge on any atom is -0.490 e. The predicted molar refractivity (Wildman–Crippen MR) is 96.6 cm³/mol. The molecule has 4 N–H and O–H groups in total. The zero-order chi connectivity index (χ0) is 17.4. The number of aliphatic hydroxyl groups excluding tert-OH is 1. The van der Waals surface area contributed by atoms with E-state index in [1.165, 1.54) is 0 Å². The smallest absolute Gasteiger partial charge is 0.221 e. The summed E-state index contributed by atoms with van der Waals surface area (Å²) < 4.78 is 6.32. The lowest BCUT2D eigenvalue weighted by Crippen LogP contribution is -2.36. The van der Waals surface area contributed by atoms with E-state index in [1.54, 1.807) is 6.07 Å². The zero-order valence-electron chi connectivity index (χ0n) is 13.2. The number of aliphatic hydroxyl groups is 1. The summed E-state index contributed by atoms with van der Waals surface area (Å²) in [6.45, 7) is 0.207. The van der Waals surface area contributed by atoms with Crippen LogP contribution in [0.5, 0.6) is 5.75 Å². The number of carbonyl (C=O) groups excluding carboxylic acids is 1. The van der Waals surface area contributed by atoms with E-state index in [0.29, 0.717) is 5.75 Å². The van der Waals surface area contributed by atoms with Gasteiger partial charge in [0, 0.05) is 19.0 Å². The SMILES string of the molecule is NC(CC(=O)NCC(O)COc1ccccc1Br)c1ccccc1. The molecule has 0 aliphatic heterocycles. The Hall–Kier alpha value is -1.89. The van der Waals surface area contributed by atoms with Crippen molar-refractivity contribution < 1.29 is 14.6 Å². The van der Waals surface area contributed by atoms with Crippen LogP contribution in [-0.2, 0) is 4.79 Å². The summed E-state index contributed by atoms with van der Waals surface area (Å²) in [7, 11) is 0. The Kier molecular flexibility index (Phi) is 7.24. The van der Waals surface area contributed by atoms with Crippen LogP contribution in [0.15, 0.2) is 59.1 Å². The van der Waals surface area contributed by atoms with Crippen molar-refractivity contribution in [3.63, 3.8) is 0 Å².